The monoisotopic (exact) mass is 437 g/mol. The fourth-order valence-corrected chi connectivity index (χ4v) is 3.24. The third kappa shape index (κ3) is 4.66. The molecular weight excluding hydrogens is 419 g/mol. The molecule has 1 aromatic heterocycles. The molecule has 2 rings (SSSR count). The van der Waals surface area contributed by atoms with E-state index in [0.717, 1.165) is 23.6 Å². The first-order valence-corrected chi connectivity index (χ1v) is 8.86. The van der Waals surface area contributed by atoms with E-state index in [-0.39, 0.29) is 22.7 Å². The third-order valence-corrected chi connectivity index (χ3v) is 4.59. The smallest absolute Gasteiger partial charge is 0.436 e. The predicted octanol–water partition coefficient (Wildman–Crippen LogP) is 3.69. The van der Waals surface area contributed by atoms with Crippen molar-refractivity contribution in [2.75, 3.05) is 6.61 Å². The highest BCUT2D eigenvalue weighted by Crippen LogP contribution is 2.47. The Labute approximate surface area is 156 Å². The molecule has 1 unspecified atom stereocenters. The lowest BCUT2D eigenvalue weighted by molar-refractivity contribution is -0.142. The van der Waals surface area contributed by atoms with Gasteiger partial charge in [0.15, 0.2) is 5.69 Å². The van der Waals surface area contributed by atoms with Gasteiger partial charge in [-0.3, -0.25) is 9.48 Å². The molecule has 0 spiro atoms. The Bertz CT molecular complexity index is 739. The summed E-state index contributed by atoms with van der Waals surface area (Å²) in [5.41, 5.74) is -0.444. The number of halogens is 4. The van der Waals surface area contributed by atoms with Gasteiger partial charge in [0.1, 0.15) is 6.04 Å². The molecule has 0 bridgehead atoms. The molecule has 1 aliphatic carbocycles. The highest BCUT2D eigenvalue weighted by Gasteiger charge is 2.43. The van der Waals surface area contributed by atoms with Gasteiger partial charge in [-0.15, -0.1) is 0 Å². The molecule has 1 N–H and O–H groups in total. The number of rotatable bonds is 6. The van der Waals surface area contributed by atoms with E-state index >= 15 is 0 Å². The van der Waals surface area contributed by atoms with Crippen LogP contribution in [0.15, 0.2) is 16.2 Å². The van der Waals surface area contributed by atoms with Crippen LogP contribution >= 0.6 is 15.9 Å². The van der Waals surface area contributed by atoms with Gasteiger partial charge in [0.05, 0.1) is 16.8 Å². The standard InChI is InChI=1S/C16H19BrF3N3O3/c1-4-26-11(24)7-8(2)21-15(25)9(3)23-13(10-5-6-10)12(17)14(22-23)16(18,19)20/h7,9-10H,4-6H2,1-3H3,(H,21,25)/b8-7+. The number of carbonyl (C=O) groups is 2. The molecule has 6 nitrogen and oxygen atoms in total. The van der Waals surface area contributed by atoms with Crippen LogP contribution in [0.5, 0.6) is 0 Å². The van der Waals surface area contributed by atoms with Gasteiger partial charge in [-0.05, 0) is 49.5 Å². The Morgan fingerprint density at radius 1 is 1.46 bits per heavy atom. The second-order valence-corrected chi connectivity index (χ2v) is 6.80. The number of alkyl halides is 3. The van der Waals surface area contributed by atoms with Gasteiger partial charge >= 0.3 is 12.1 Å². The minimum Gasteiger partial charge on any atom is -0.463 e. The van der Waals surface area contributed by atoms with Crippen molar-refractivity contribution in [2.24, 2.45) is 0 Å². The number of esters is 1. The van der Waals surface area contributed by atoms with Crippen molar-refractivity contribution < 1.29 is 27.5 Å². The molecule has 0 radical (unpaired) electrons. The number of allylic oxidation sites excluding steroid dienone is 1. The Morgan fingerprint density at radius 2 is 2.08 bits per heavy atom. The van der Waals surface area contributed by atoms with Crippen LogP contribution in [0.25, 0.3) is 0 Å². The fraction of sp³-hybridized carbons (Fsp3) is 0.562. The van der Waals surface area contributed by atoms with Crippen LogP contribution in [0.2, 0.25) is 0 Å². The predicted molar refractivity (Wildman–Crippen MR) is 90.1 cm³/mol. The van der Waals surface area contributed by atoms with Crippen LogP contribution < -0.4 is 5.32 Å². The van der Waals surface area contributed by atoms with Crippen molar-refractivity contribution in [1.82, 2.24) is 15.1 Å². The lowest BCUT2D eigenvalue weighted by atomic mass is 10.2. The van der Waals surface area contributed by atoms with Gasteiger partial charge in [-0.2, -0.15) is 18.3 Å². The molecule has 10 heteroatoms. The van der Waals surface area contributed by atoms with Crippen LogP contribution in [0.1, 0.15) is 57.0 Å². The van der Waals surface area contributed by atoms with Crippen molar-refractivity contribution in [1.29, 1.82) is 0 Å². The molecule has 144 valence electrons. The quantitative estimate of drug-likeness (QED) is 0.543. The number of hydrogen-bond donors (Lipinski definition) is 1. The van der Waals surface area contributed by atoms with Crippen molar-refractivity contribution in [2.45, 2.75) is 51.7 Å². The molecule has 26 heavy (non-hydrogen) atoms. The molecule has 0 aliphatic heterocycles. The van der Waals surface area contributed by atoms with E-state index in [0.29, 0.717) is 5.69 Å². The van der Waals surface area contributed by atoms with Crippen molar-refractivity contribution in [3.63, 3.8) is 0 Å². The van der Waals surface area contributed by atoms with Gasteiger partial charge in [-0.25, -0.2) is 4.79 Å². The summed E-state index contributed by atoms with van der Waals surface area (Å²) in [6.45, 7) is 4.79. The van der Waals surface area contributed by atoms with E-state index < -0.39 is 29.8 Å². The largest absolute Gasteiger partial charge is 0.463 e. The van der Waals surface area contributed by atoms with Crippen molar-refractivity contribution >= 4 is 27.8 Å². The first-order chi connectivity index (χ1) is 12.1. The average Bonchev–Trinajstić information content (AvgIpc) is 3.28. The Morgan fingerprint density at radius 3 is 2.58 bits per heavy atom. The Balaban J connectivity index is 2.24. The fourth-order valence-electron chi connectivity index (χ4n) is 2.43. The minimum absolute atomic E-state index is 0.0561. The number of nitrogens with zero attached hydrogens (tertiary/aromatic N) is 2. The van der Waals surface area contributed by atoms with Gasteiger partial charge in [0, 0.05) is 17.7 Å². The highest BCUT2D eigenvalue weighted by molar-refractivity contribution is 9.10. The average molecular weight is 438 g/mol. The zero-order chi connectivity index (χ0) is 19.6. The summed E-state index contributed by atoms with van der Waals surface area (Å²) in [5.74, 6) is -1.24. The summed E-state index contributed by atoms with van der Waals surface area (Å²) in [4.78, 5) is 23.8. The molecular formula is C16H19BrF3N3O3. The van der Waals surface area contributed by atoms with Crippen LogP contribution in [0.3, 0.4) is 0 Å². The number of nitrogens with one attached hydrogen (secondary N) is 1. The maximum absolute atomic E-state index is 13.1. The van der Waals surface area contributed by atoms with E-state index in [2.05, 4.69) is 26.3 Å². The SMILES string of the molecule is CCOC(=O)/C=C(\C)NC(=O)C(C)n1nc(C(F)(F)F)c(Br)c1C1CC1. The summed E-state index contributed by atoms with van der Waals surface area (Å²) >= 11 is 2.99. The molecule has 1 fully saturated rings. The maximum atomic E-state index is 13.1. The molecule has 1 aliphatic rings. The first-order valence-electron chi connectivity index (χ1n) is 8.07. The second-order valence-electron chi connectivity index (χ2n) is 6.01. The number of aromatic nitrogens is 2. The lowest BCUT2D eigenvalue weighted by Gasteiger charge is -2.16. The first kappa shape index (κ1) is 20.5. The van der Waals surface area contributed by atoms with Gasteiger partial charge < -0.3 is 10.1 Å². The molecule has 1 heterocycles. The molecule has 1 amide bonds. The highest BCUT2D eigenvalue weighted by atomic mass is 79.9. The van der Waals surface area contributed by atoms with Crippen LogP contribution in [-0.4, -0.2) is 28.3 Å². The molecule has 1 atom stereocenters. The van der Waals surface area contributed by atoms with E-state index in [1.54, 1.807) is 6.92 Å². The van der Waals surface area contributed by atoms with E-state index in [1.165, 1.54) is 13.8 Å². The minimum atomic E-state index is -4.62. The Hall–Kier alpha value is -1.84. The zero-order valence-corrected chi connectivity index (χ0v) is 16.1. The van der Waals surface area contributed by atoms with Gasteiger partial charge in [0.25, 0.3) is 0 Å². The van der Waals surface area contributed by atoms with Gasteiger partial charge in [0.2, 0.25) is 5.91 Å². The van der Waals surface area contributed by atoms with Gasteiger partial charge in [-0.1, -0.05) is 0 Å². The second kappa shape index (κ2) is 7.81. The normalized spacial score (nSPS) is 16.3. The van der Waals surface area contributed by atoms with E-state index in [9.17, 15) is 22.8 Å². The third-order valence-electron chi connectivity index (χ3n) is 3.81. The Kier molecular flexibility index (Phi) is 6.15. The molecule has 1 saturated carbocycles. The molecule has 1 aromatic rings. The summed E-state index contributed by atoms with van der Waals surface area (Å²) in [7, 11) is 0. The van der Waals surface area contributed by atoms with Crippen molar-refractivity contribution in [3.05, 3.63) is 27.6 Å². The van der Waals surface area contributed by atoms with Crippen LogP contribution in [-0.2, 0) is 20.5 Å². The van der Waals surface area contributed by atoms with Crippen LogP contribution in [0, 0.1) is 0 Å². The maximum Gasteiger partial charge on any atom is 0.436 e. The number of hydrogen-bond acceptors (Lipinski definition) is 4. The molecule has 0 saturated heterocycles. The number of carbonyl (C=O) groups excluding carboxylic acids is 2. The molecule has 0 aromatic carbocycles. The summed E-state index contributed by atoms with van der Waals surface area (Å²) in [5, 5.41) is 6.12. The lowest BCUT2D eigenvalue weighted by Crippen LogP contribution is -2.31. The van der Waals surface area contributed by atoms with E-state index in [4.69, 9.17) is 4.74 Å². The van der Waals surface area contributed by atoms with Crippen LogP contribution in [0.4, 0.5) is 13.2 Å². The number of amides is 1. The summed E-state index contributed by atoms with van der Waals surface area (Å²) in [6, 6.07) is -0.983. The topological polar surface area (TPSA) is 73.2 Å². The summed E-state index contributed by atoms with van der Waals surface area (Å²) < 4.78 is 45.2. The zero-order valence-electron chi connectivity index (χ0n) is 14.5. The summed E-state index contributed by atoms with van der Waals surface area (Å²) in [6.07, 6.45) is -2.02. The van der Waals surface area contributed by atoms with E-state index in [1.807, 2.05) is 0 Å². The number of ether oxygens (including phenoxy) is 1. The van der Waals surface area contributed by atoms with Crippen molar-refractivity contribution in [3.8, 4) is 0 Å².